The molecule has 0 aromatic heterocycles. The molecule has 0 saturated heterocycles. The van der Waals surface area contributed by atoms with E-state index < -0.39 is 0 Å². The minimum atomic E-state index is 0.819. The monoisotopic (exact) mass is 254 g/mol. The second-order valence-electron chi connectivity index (χ2n) is 5.37. The Morgan fingerprint density at radius 2 is 1.74 bits per heavy atom. The van der Waals surface area contributed by atoms with Crippen molar-refractivity contribution in [2.45, 2.75) is 25.3 Å². The van der Waals surface area contributed by atoms with Crippen LogP contribution in [-0.4, -0.2) is 25.7 Å². The van der Waals surface area contributed by atoms with Crippen molar-refractivity contribution < 1.29 is 0 Å². The fraction of sp³-hybridized carbons (Fsp3) is 0.412. The minimum Gasteiger partial charge on any atom is -0.315 e. The Morgan fingerprint density at radius 3 is 2.63 bits per heavy atom. The maximum atomic E-state index is 3.52. The normalized spacial score (nSPS) is 14.9. The quantitative estimate of drug-likeness (QED) is 0.742. The molecule has 1 aliphatic carbocycles. The molecule has 0 atom stereocenters. The van der Waals surface area contributed by atoms with Gasteiger partial charge in [-0.2, -0.15) is 0 Å². The van der Waals surface area contributed by atoms with Crippen molar-refractivity contribution >= 4 is 10.8 Å². The highest BCUT2D eigenvalue weighted by atomic mass is 15.0. The Bertz CT molecular complexity index is 526. The lowest BCUT2D eigenvalue weighted by atomic mass is 10.0. The third kappa shape index (κ3) is 3.55. The number of fused-ring (bicyclic) bond motifs is 1. The molecule has 2 aromatic rings. The number of rotatable bonds is 7. The maximum absolute atomic E-state index is 3.52. The van der Waals surface area contributed by atoms with Crippen LogP contribution in [0.1, 0.15) is 18.4 Å². The van der Waals surface area contributed by atoms with Crippen molar-refractivity contribution in [1.29, 1.82) is 0 Å². The second-order valence-corrected chi connectivity index (χ2v) is 5.37. The average Bonchev–Trinajstić information content (AvgIpc) is 3.27. The van der Waals surface area contributed by atoms with Crippen molar-refractivity contribution in [3.63, 3.8) is 0 Å². The zero-order valence-corrected chi connectivity index (χ0v) is 11.4. The lowest BCUT2D eigenvalue weighted by Crippen LogP contribution is -2.29. The number of benzene rings is 2. The molecule has 0 radical (unpaired) electrons. The maximum Gasteiger partial charge on any atom is 0.00793 e. The van der Waals surface area contributed by atoms with Gasteiger partial charge in [0, 0.05) is 19.1 Å². The first kappa shape index (κ1) is 12.6. The van der Waals surface area contributed by atoms with E-state index in [1.807, 2.05) is 0 Å². The fourth-order valence-electron chi connectivity index (χ4n) is 2.51. The van der Waals surface area contributed by atoms with Crippen LogP contribution in [0.15, 0.2) is 42.5 Å². The van der Waals surface area contributed by atoms with E-state index in [1.54, 1.807) is 0 Å². The van der Waals surface area contributed by atoms with Gasteiger partial charge >= 0.3 is 0 Å². The summed E-state index contributed by atoms with van der Waals surface area (Å²) >= 11 is 0. The molecule has 0 amide bonds. The Hall–Kier alpha value is -1.38. The molecule has 0 unspecified atom stereocenters. The topological polar surface area (TPSA) is 24.1 Å². The van der Waals surface area contributed by atoms with Crippen LogP contribution < -0.4 is 10.6 Å². The Kier molecular flexibility index (Phi) is 4.11. The predicted octanol–water partition coefficient (Wildman–Crippen LogP) is 2.72. The summed E-state index contributed by atoms with van der Waals surface area (Å²) in [4.78, 5) is 0. The Labute approximate surface area is 115 Å². The van der Waals surface area contributed by atoms with Crippen LogP contribution in [0.3, 0.4) is 0 Å². The van der Waals surface area contributed by atoms with Crippen LogP contribution in [-0.2, 0) is 6.42 Å². The van der Waals surface area contributed by atoms with E-state index in [0.29, 0.717) is 0 Å². The first-order chi connectivity index (χ1) is 9.43. The van der Waals surface area contributed by atoms with Gasteiger partial charge in [0.05, 0.1) is 0 Å². The molecule has 1 fully saturated rings. The van der Waals surface area contributed by atoms with Crippen LogP contribution >= 0.6 is 0 Å². The summed E-state index contributed by atoms with van der Waals surface area (Å²) in [5, 5.41) is 9.78. The van der Waals surface area contributed by atoms with E-state index in [2.05, 4.69) is 53.1 Å². The number of hydrogen-bond acceptors (Lipinski definition) is 2. The van der Waals surface area contributed by atoms with Crippen LogP contribution in [0.4, 0.5) is 0 Å². The highest BCUT2D eigenvalue weighted by Crippen LogP contribution is 2.19. The molecular weight excluding hydrogens is 232 g/mol. The summed E-state index contributed by atoms with van der Waals surface area (Å²) in [5.41, 5.74) is 1.45. The first-order valence-corrected chi connectivity index (χ1v) is 7.34. The molecule has 0 bridgehead atoms. The third-order valence-electron chi connectivity index (χ3n) is 3.76. The molecule has 3 rings (SSSR count). The molecule has 2 heteroatoms. The summed E-state index contributed by atoms with van der Waals surface area (Å²) < 4.78 is 0. The molecule has 0 aliphatic heterocycles. The highest BCUT2D eigenvalue weighted by Gasteiger charge is 2.19. The van der Waals surface area contributed by atoms with Gasteiger partial charge in [-0.15, -0.1) is 0 Å². The Morgan fingerprint density at radius 1 is 0.895 bits per heavy atom. The molecule has 19 heavy (non-hydrogen) atoms. The standard InChI is InChI=1S/C17H22N2/c1-2-7-17-14(4-1)5-3-6-15(17)10-11-18-12-13-19-16-8-9-16/h1-7,16,18-19H,8-13H2. The van der Waals surface area contributed by atoms with Crippen LogP contribution in [0.25, 0.3) is 10.8 Å². The molecule has 1 aliphatic rings. The molecule has 100 valence electrons. The summed E-state index contributed by atoms with van der Waals surface area (Å²) in [7, 11) is 0. The van der Waals surface area contributed by atoms with E-state index in [1.165, 1.54) is 29.2 Å². The van der Waals surface area contributed by atoms with E-state index in [0.717, 1.165) is 32.1 Å². The van der Waals surface area contributed by atoms with Gasteiger partial charge < -0.3 is 10.6 Å². The van der Waals surface area contributed by atoms with Gasteiger partial charge in [0.25, 0.3) is 0 Å². The van der Waals surface area contributed by atoms with Gasteiger partial charge in [0.1, 0.15) is 0 Å². The van der Waals surface area contributed by atoms with E-state index >= 15 is 0 Å². The van der Waals surface area contributed by atoms with Gasteiger partial charge in [-0.3, -0.25) is 0 Å². The largest absolute Gasteiger partial charge is 0.315 e. The predicted molar refractivity (Wildman–Crippen MR) is 81.5 cm³/mol. The smallest absolute Gasteiger partial charge is 0.00793 e. The molecule has 2 N–H and O–H groups in total. The Balaban J connectivity index is 1.47. The first-order valence-electron chi connectivity index (χ1n) is 7.34. The average molecular weight is 254 g/mol. The lowest BCUT2D eigenvalue weighted by molar-refractivity contribution is 0.609. The van der Waals surface area contributed by atoms with Gasteiger partial charge in [0.15, 0.2) is 0 Å². The van der Waals surface area contributed by atoms with Gasteiger partial charge in [0.2, 0.25) is 0 Å². The highest BCUT2D eigenvalue weighted by molar-refractivity contribution is 5.85. The SMILES string of the molecule is c1ccc2c(CCNCCNC3CC3)cccc2c1. The van der Waals surface area contributed by atoms with Crippen LogP contribution in [0.2, 0.25) is 0 Å². The summed E-state index contributed by atoms with van der Waals surface area (Å²) in [5.74, 6) is 0. The van der Waals surface area contributed by atoms with Gasteiger partial charge in [-0.05, 0) is 42.1 Å². The molecule has 0 heterocycles. The summed E-state index contributed by atoms with van der Waals surface area (Å²) in [6.07, 6.45) is 3.84. The second kappa shape index (κ2) is 6.18. The lowest BCUT2D eigenvalue weighted by Gasteiger charge is -2.08. The molecule has 1 saturated carbocycles. The van der Waals surface area contributed by atoms with Crippen LogP contribution in [0, 0.1) is 0 Å². The molecule has 2 nitrogen and oxygen atoms in total. The zero-order chi connectivity index (χ0) is 12.9. The van der Waals surface area contributed by atoms with Crippen LogP contribution in [0.5, 0.6) is 0 Å². The van der Waals surface area contributed by atoms with E-state index in [9.17, 15) is 0 Å². The van der Waals surface area contributed by atoms with Crippen molar-refractivity contribution in [2.75, 3.05) is 19.6 Å². The molecular formula is C17H22N2. The fourth-order valence-corrected chi connectivity index (χ4v) is 2.51. The summed E-state index contributed by atoms with van der Waals surface area (Å²) in [6, 6.07) is 16.0. The third-order valence-corrected chi connectivity index (χ3v) is 3.76. The van der Waals surface area contributed by atoms with Crippen molar-refractivity contribution in [2.24, 2.45) is 0 Å². The van der Waals surface area contributed by atoms with Crippen molar-refractivity contribution in [1.82, 2.24) is 10.6 Å². The van der Waals surface area contributed by atoms with E-state index in [-0.39, 0.29) is 0 Å². The van der Waals surface area contributed by atoms with Gasteiger partial charge in [-0.25, -0.2) is 0 Å². The molecule has 2 aromatic carbocycles. The number of hydrogen-bond donors (Lipinski definition) is 2. The molecule has 0 spiro atoms. The van der Waals surface area contributed by atoms with Crippen molar-refractivity contribution in [3.8, 4) is 0 Å². The summed E-state index contributed by atoms with van der Waals surface area (Å²) in [6.45, 7) is 3.22. The minimum absolute atomic E-state index is 0.819. The van der Waals surface area contributed by atoms with Crippen molar-refractivity contribution in [3.05, 3.63) is 48.0 Å². The number of nitrogens with one attached hydrogen (secondary N) is 2. The zero-order valence-electron chi connectivity index (χ0n) is 11.4. The van der Waals surface area contributed by atoms with Gasteiger partial charge in [-0.1, -0.05) is 42.5 Å². The van der Waals surface area contributed by atoms with E-state index in [4.69, 9.17) is 0 Å².